The molecular weight excluding hydrogens is 374 g/mol. The number of amides is 1. The summed E-state index contributed by atoms with van der Waals surface area (Å²) in [5, 5.41) is 2.00. The Balaban J connectivity index is 2.06. The molecule has 6 heteroatoms. The number of benzene rings is 3. The standard InChI is InChI=1S/C20H12Cl2FN2O/c21-15-5-1-3-11(19(15)22)10-25-16-8-7-12(23)9-14(16)18-13(20(24)26)4-2-6-17(18)25/h1-8H,10H2,(H2,24,26). The van der Waals surface area contributed by atoms with E-state index in [1.807, 2.05) is 22.8 Å². The van der Waals surface area contributed by atoms with Gasteiger partial charge in [0.1, 0.15) is 5.82 Å². The predicted octanol–water partition coefficient (Wildman–Crippen LogP) is 5.19. The molecule has 2 N–H and O–H groups in total. The molecule has 4 rings (SSSR count). The monoisotopic (exact) mass is 385 g/mol. The quantitative estimate of drug-likeness (QED) is 0.518. The van der Waals surface area contributed by atoms with Gasteiger partial charge in [0.15, 0.2) is 0 Å². The van der Waals surface area contributed by atoms with Crippen LogP contribution in [0, 0.1) is 11.9 Å². The van der Waals surface area contributed by atoms with Crippen molar-refractivity contribution >= 4 is 50.9 Å². The van der Waals surface area contributed by atoms with Gasteiger partial charge in [0.05, 0.1) is 21.1 Å². The molecule has 0 unspecified atom stereocenters. The van der Waals surface area contributed by atoms with Crippen LogP contribution in [-0.4, -0.2) is 10.5 Å². The number of hydrogen-bond donors (Lipinski definition) is 1. The lowest BCUT2D eigenvalue weighted by atomic mass is 10.1. The number of hydrogen-bond acceptors (Lipinski definition) is 1. The summed E-state index contributed by atoms with van der Waals surface area (Å²) in [5.41, 5.74) is 8.13. The number of rotatable bonds is 3. The summed E-state index contributed by atoms with van der Waals surface area (Å²) in [7, 11) is 0. The minimum absolute atomic E-state index is 0.324. The smallest absolute Gasteiger partial charge is 0.249 e. The number of halogens is 3. The first kappa shape index (κ1) is 16.9. The van der Waals surface area contributed by atoms with E-state index < -0.39 is 11.7 Å². The molecular formula is C20H12Cl2FN2O. The van der Waals surface area contributed by atoms with Crippen LogP contribution < -0.4 is 5.73 Å². The third kappa shape index (κ3) is 2.62. The van der Waals surface area contributed by atoms with E-state index in [-0.39, 0.29) is 0 Å². The second-order valence-corrected chi connectivity index (χ2v) is 6.71. The van der Waals surface area contributed by atoms with E-state index >= 15 is 0 Å². The first-order valence-corrected chi connectivity index (χ1v) is 8.58. The van der Waals surface area contributed by atoms with E-state index in [2.05, 4.69) is 6.07 Å². The van der Waals surface area contributed by atoms with Gasteiger partial charge in [0.2, 0.25) is 5.91 Å². The Labute approximate surface area is 158 Å². The number of nitrogens with two attached hydrogens (primary N) is 1. The third-order valence-corrected chi connectivity index (χ3v) is 5.25. The van der Waals surface area contributed by atoms with Crippen LogP contribution >= 0.6 is 23.2 Å². The zero-order valence-electron chi connectivity index (χ0n) is 13.4. The topological polar surface area (TPSA) is 48.0 Å². The summed E-state index contributed by atoms with van der Waals surface area (Å²) < 4.78 is 15.8. The second kappa shape index (κ2) is 6.31. The molecule has 0 fully saturated rings. The molecule has 0 bridgehead atoms. The molecule has 0 aliphatic carbocycles. The van der Waals surface area contributed by atoms with E-state index in [9.17, 15) is 9.18 Å². The molecule has 1 radical (unpaired) electrons. The molecule has 4 aromatic rings. The largest absolute Gasteiger partial charge is 0.366 e. The second-order valence-electron chi connectivity index (χ2n) is 5.93. The number of fused-ring (bicyclic) bond motifs is 3. The van der Waals surface area contributed by atoms with Crippen LogP contribution in [-0.2, 0) is 6.54 Å². The highest BCUT2D eigenvalue weighted by molar-refractivity contribution is 6.42. The molecule has 1 amide bonds. The van der Waals surface area contributed by atoms with Crippen molar-refractivity contribution < 1.29 is 9.18 Å². The molecule has 0 saturated carbocycles. The average molecular weight is 386 g/mol. The third-order valence-electron chi connectivity index (χ3n) is 4.39. The lowest BCUT2D eigenvalue weighted by molar-refractivity contribution is 0.100. The summed E-state index contributed by atoms with van der Waals surface area (Å²) in [5.74, 6) is -1.08. The van der Waals surface area contributed by atoms with Gasteiger partial charge in [-0.25, -0.2) is 4.39 Å². The van der Waals surface area contributed by atoms with Gasteiger partial charge < -0.3 is 10.3 Å². The zero-order valence-corrected chi connectivity index (χ0v) is 14.9. The maximum Gasteiger partial charge on any atom is 0.249 e. The van der Waals surface area contributed by atoms with Gasteiger partial charge in [-0.3, -0.25) is 4.79 Å². The van der Waals surface area contributed by atoms with Gasteiger partial charge >= 0.3 is 0 Å². The molecule has 1 aromatic heterocycles. The Morgan fingerprint density at radius 1 is 1.08 bits per heavy atom. The molecule has 26 heavy (non-hydrogen) atoms. The molecule has 1 heterocycles. The fraction of sp³-hybridized carbons (Fsp3) is 0.0500. The Bertz CT molecular complexity index is 1180. The molecule has 0 saturated heterocycles. The normalized spacial score (nSPS) is 11.3. The maximum atomic E-state index is 13.8. The van der Waals surface area contributed by atoms with Gasteiger partial charge in [-0.15, -0.1) is 0 Å². The van der Waals surface area contributed by atoms with Gasteiger partial charge in [-0.05, 0) is 35.9 Å². The van der Waals surface area contributed by atoms with Crippen LogP contribution in [0.25, 0.3) is 21.8 Å². The number of aromatic nitrogens is 1. The highest BCUT2D eigenvalue weighted by Crippen LogP contribution is 2.34. The summed E-state index contributed by atoms with van der Waals surface area (Å²) in [4.78, 5) is 11.9. The maximum absolute atomic E-state index is 13.8. The van der Waals surface area contributed by atoms with Crippen LogP contribution in [0.4, 0.5) is 4.39 Å². The van der Waals surface area contributed by atoms with E-state index in [0.717, 1.165) is 16.6 Å². The first-order chi connectivity index (χ1) is 12.5. The van der Waals surface area contributed by atoms with Crippen molar-refractivity contribution in [1.29, 1.82) is 0 Å². The van der Waals surface area contributed by atoms with Crippen molar-refractivity contribution in [1.82, 2.24) is 4.57 Å². The van der Waals surface area contributed by atoms with Crippen LogP contribution in [0.1, 0.15) is 15.9 Å². The van der Waals surface area contributed by atoms with Crippen molar-refractivity contribution in [3.63, 3.8) is 0 Å². The number of nitrogens with zero attached hydrogens (tertiary/aromatic N) is 1. The lowest BCUT2D eigenvalue weighted by Crippen LogP contribution is -2.11. The van der Waals surface area contributed by atoms with Crippen molar-refractivity contribution in [2.75, 3.05) is 0 Å². The van der Waals surface area contributed by atoms with E-state index in [0.29, 0.717) is 32.9 Å². The van der Waals surface area contributed by atoms with Crippen LogP contribution in [0.3, 0.4) is 0 Å². The summed E-state index contributed by atoms with van der Waals surface area (Å²) >= 11 is 12.5. The molecule has 3 aromatic carbocycles. The van der Waals surface area contributed by atoms with Crippen LogP contribution in [0.2, 0.25) is 10.0 Å². The lowest BCUT2D eigenvalue weighted by Gasteiger charge is -2.10. The van der Waals surface area contributed by atoms with Crippen molar-refractivity contribution in [2.45, 2.75) is 6.54 Å². The minimum atomic E-state index is -0.576. The van der Waals surface area contributed by atoms with Gasteiger partial charge in [-0.1, -0.05) is 41.4 Å². The Morgan fingerprint density at radius 2 is 1.85 bits per heavy atom. The van der Waals surface area contributed by atoms with Crippen molar-refractivity contribution in [3.8, 4) is 0 Å². The molecule has 129 valence electrons. The fourth-order valence-corrected chi connectivity index (χ4v) is 3.63. The summed E-state index contributed by atoms with van der Waals surface area (Å²) in [6.45, 7) is 0.404. The number of primary amides is 1. The first-order valence-electron chi connectivity index (χ1n) is 7.83. The molecule has 0 spiro atoms. The number of carbonyl (C=O) groups excluding carboxylic acids is 1. The molecule has 0 atom stereocenters. The van der Waals surface area contributed by atoms with Gasteiger partial charge in [0, 0.05) is 28.9 Å². The summed E-state index contributed by atoms with van der Waals surface area (Å²) in [6.07, 6.45) is 0. The Kier molecular flexibility index (Phi) is 4.10. The molecule has 0 aliphatic rings. The predicted molar refractivity (Wildman–Crippen MR) is 102 cm³/mol. The van der Waals surface area contributed by atoms with Crippen molar-refractivity contribution in [2.24, 2.45) is 5.73 Å². The Hall–Kier alpha value is -2.56. The minimum Gasteiger partial charge on any atom is -0.366 e. The SMILES string of the molecule is NC(=O)c1cccc2c1c1[c]c(F)ccc1n2Cc1cccc(Cl)c1Cl. The highest BCUT2D eigenvalue weighted by Gasteiger charge is 2.18. The average Bonchev–Trinajstić information content (AvgIpc) is 2.92. The van der Waals surface area contributed by atoms with Crippen LogP contribution in [0.5, 0.6) is 0 Å². The molecule has 3 nitrogen and oxygen atoms in total. The zero-order chi connectivity index (χ0) is 18.4. The highest BCUT2D eigenvalue weighted by atomic mass is 35.5. The van der Waals surface area contributed by atoms with Crippen molar-refractivity contribution in [3.05, 3.63) is 81.6 Å². The Morgan fingerprint density at radius 3 is 2.62 bits per heavy atom. The molecule has 0 aliphatic heterocycles. The van der Waals surface area contributed by atoms with E-state index in [1.54, 1.807) is 24.3 Å². The fourth-order valence-electron chi connectivity index (χ4n) is 3.25. The van der Waals surface area contributed by atoms with Gasteiger partial charge in [0.25, 0.3) is 0 Å². The van der Waals surface area contributed by atoms with Gasteiger partial charge in [-0.2, -0.15) is 0 Å². The number of carbonyl (C=O) groups is 1. The summed E-state index contributed by atoms with van der Waals surface area (Å²) in [6, 6.07) is 16.3. The van der Waals surface area contributed by atoms with E-state index in [4.69, 9.17) is 28.9 Å². The van der Waals surface area contributed by atoms with E-state index in [1.165, 1.54) is 6.07 Å². The van der Waals surface area contributed by atoms with Crippen LogP contribution in [0.15, 0.2) is 48.5 Å².